The molecular weight excluding hydrogens is 286 g/mol. The van der Waals surface area contributed by atoms with Crippen LogP contribution in [0.3, 0.4) is 0 Å². The van der Waals surface area contributed by atoms with Crippen LogP contribution in [-0.2, 0) is 0 Å². The van der Waals surface area contributed by atoms with Crippen molar-refractivity contribution in [2.75, 3.05) is 6.54 Å². The van der Waals surface area contributed by atoms with E-state index in [2.05, 4.69) is 28.2 Å². The van der Waals surface area contributed by atoms with Crippen molar-refractivity contribution in [3.8, 4) is 0 Å². The molecule has 0 aliphatic heterocycles. The van der Waals surface area contributed by atoms with E-state index in [1.807, 2.05) is 12.1 Å². The lowest BCUT2D eigenvalue weighted by molar-refractivity contribution is 0.0948. The molecule has 2 nitrogen and oxygen atoms in total. The molecule has 1 saturated carbocycles. The number of hydrogen-bond donors (Lipinski definition) is 1. The number of carbonyl (C=O) groups is 1. The topological polar surface area (TPSA) is 29.1 Å². The van der Waals surface area contributed by atoms with E-state index in [4.69, 9.17) is 0 Å². The molecule has 0 spiro atoms. The largest absolute Gasteiger partial charge is 0.351 e. The van der Waals surface area contributed by atoms with Gasteiger partial charge in [-0.15, -0.1) is 11.3 Å². The molecule has 1 heterocycles. The average Bonchev–Trinajstić information content (AvgIpc) is 2.84. The van der Waals surface area contributed by atoms with Crippen molar-refractivity contribution in [1.29, 1.82) is 0 Å². The SMILES string of the molecule is CC1CCCC1CNC(=O)c1ccc(Br)s1. The van der Waals surface area contributed by atoms with E-state index in [9.17, 15) is 4.79 Å². The third-order valence-electron chi connectivity index (χ3n) is 3.36. The van der Waals surface area contributed by atoms with Gasteiger partial charge in [0.2, 0.25) is 0 Å². The number of hydrogen-bond acceptors (Lipinski definition) is 2. The zero-order valence-electron chi connectivity index (χ0n) is 9.33. The minimum absolute atomic E-state index is 0.0646. The van der Waals surface area contributed by atoms with Gasteiger partial charge >= 0.3 is 0 Å². The Bertz CT molecular complexity index is 377. The number of carbonyl (C=O) groups excluding carboxylic acids is 1. The molecule has 2 rings (SSSR count). The summed E-state index contributed by atoms with van der Waals surface area (Å²) in [5.74, 6) is 1.50. The van der Waals surface area contributed by atoms with Gasteiger partial charge in [-0.3, -0.25) is 4.79 Å². The normalized spacial score (nSPS) is 24.6. The molecule has 0 radical (unpaired) electrons. The van der Waals surface area contributed by atoms with Gasteiger partial charge in [0.25, 0.3) is 5.91 Å². The first kappa shape index (κ1) is 12.1. The second kappa shape index (κ2) is 5.32. The molecule has 0 bridgehead atoms. The number of rotatable bonds is 3. The number of thiophene rings is 1. The van der Waals surface area contributed by atoms with E-state index < -0.39 is 0 Å². The summed E-state index contributed by atoms with van der Waals surface area (Å²) in [6.45, 7) is 3.11. The van der Waals surface area contributed by atoms with Gasteiger partial charge in [0, 0.05) is 6.54 Å². The van der Waals surface area contributed by atoms with Crippen LogP contribution in [0.4, 0.5) is 0 Å². The maximum absolute atomic E-state index is 11.8. The van der Waals surface area contributed by atoms with Crippen LogP contribution in [0.5, 0.6) is 0 Å². The van der Waals surface area contributed by atoms with Crippen LogP contribution in [0.2, 0.25) is 0 Å². The Balaban J connectivity index is 1.84. The molecule has 2 unspecified atom stereocenters. The van der Waals surface area contributed by atoms with Crippen LogP contribution < -0.4 is 5.32 Å². The van der Waals surface area contributed by atoms with Crippen molar-refractivity contribution >= 4 is 33.2 Å². The monoisotopic (exact) mass is 301 g/mol. The summed E-state index contributed by atoms with van der Waals surface area (Å²) in [5.41, 5.74) is 0. The Morgan fingerprint density at radius 2 is 2.38 bits per heavy atom. The van der Waals surface area contributed by atoms with Crippen molar-refractivity contribution in [3.63, 3.8) is 0 Å². The van der Waals surface area contributed by atoms with E-state index in [1.165, 1.54) is 30.6 Å². The molecule has 0 aromatic carbocycles. The van der Waals surface area contributed by atoms with E-state index >= 15 is 0 Å². The third-order valence-corrected chi connectivity index (χ3v) is 4.98. The van der Waals surface area contributed by atoms with Gasteiger partial charge in [0.15, 0.2) is 0 Å². The van der Waals surface area contributed by atoms with Gasteiger partial charge in [-0.1, -0.05) is 19.8 Å². The van der Waals surface area contributed by atoms with Crippen LogP contribution in [0.25, 0.3) is 0 Å². The van der Waals surface area contributed by atoms with Gasteiger partial charge in [0.1, 0.15) is 0 Å². The van der Waals surface area contributed by atoms with E-state index in [0.717, 1.165) is 21.1 Å². The zero-order valence-corrected chi connectivity index (χ0v) is 11.7. The Labute approximate surface area is 109 Å². The van der Waals surface area contributed by atoms with Crippen LogP contribution >= 0.6 is 27.3 Å². The highest BCUT2D eigenvalue weighted by Crippen LogP contribution is 2.30. The Hall–Kier alpha value is -0.350. The Morgan fingerprint density at radius 1 is 1.56 bits per heavy atom. The zero-order chi connectivity index (χ0) is 11.5. The molecule has 1 aliphatic rings. The third kappa shape index (κ3) is 2.86. The summed E-state index contributed by atoms with van der Waals surface area (Å²) in [7, 11) is 0. The molecule has 2 atom stereocenters. The lowest BCUT2D eigenvalue weighted by Gasteiger charge is -2.15. The molecule has 4 heteroatoms. The Morgan fingerprint density at radius 3 is 2.94 bits per heavy atom. The first-order valence-corrected chi connectivity index (χ1v) is 7.31. The predicted octanol–water partition coefficient (Wildman–Crippen LogP) is 3.68. The van der Waals surface area contributed by atoms with Crippen LogP contribution in [0.15, 0.2) is 15.9 Å². The number of amides is 1. The molecule has 1 aliphatic carbocycles. The summed E-state index contributed by atoms with van der Waals surface area (Å²) in [6.07, 6.45) is 3.88. The summed E-state index contributed by atoms with van der Waals surface area (Å²) >= 11 is 4.85. The standard InChI is InChI=1S/C12H16BrNOS/c1-8-3-2-4-9(8)7-14-12(15)10-5-6-11(13)16-10/h5-6,8-9H,2-4,7H2,1H3,(H,14,15). The smallest absolute Gasteiger partial charge is 0.261 e. The summed E-state index contributed by atoms with van der Waals surface area (Å²) in [5, 5.41) is 3.04. The summed E-state index contributed by atoms with van der Waals surface area (Å²) < 4.78 is 1.01. The van der Waals surface area contributed by atoms with Crippen molar-refractivity contribution in [1.82, 2.24) is 5.32 Å². The lowest BCUT2D eigenvalue weighted by Crippen LogP contribution is -2.29. The van der Waals surface area contributed by atoms with E-state index in [-0.39, 0.29) is 5.91 Å². The first-order chi connectivity index (χ1) is 7.66. The Kier molecular flexibility index (Phi) is 4.03. The maximum atomic E-state index is 11.8. The van der Waals surface area contributed by atoms with Crippen LogP contribution in [0, 0.1) is 11.8 Å². The fourth-order valence-corrected chi connectivity index (χ4v) is 3.58. The highest BCUT2D eigenvalue weighted by atomic mass is 79.9. The van der Waals surface area contributed by atoms with Gasteiger partial charge in [0.05, 0.1) is 8.66 Å². The van der Waals surface area contributed by atoms with E-state index in [0.29, 0.717) is 5.92 Å². The average molecular weight is 302 g/mol. The van der Waals surface area contributed by atoms with E-state index in [1.54, 1.807) is 0 Å². The maximum Gasteiger partial charge on any atom is 0.261 e. The van der Waals surface area contributed by atoms with Gasteiger partial charge in [-0.05, 0) is 46.3 Å². The molecule has 1 amide bonds. The first-order valence-electron chi connectivity index (χ1n) is 5.70. The molecule has 1 aromatic rings. The van der Waals surface area contributed by atoms with Gasteiger partial charge in [-0.2, -0.15) is 0 Å². The molecule has 0 saturated heterocycles. The number of halogens is 1. The molecular formula is C12H16BrNOS. The highest BCUT2D eigenvalue weighted by Gasteiger charge is 2.23. The van der Waals surface area contributed by atoms with Crippen molar-refractivity contribution in [2.24, 2.45) is 11.8 Å². The highest BCUT2D eigenvalue weighted by molar-refractivity contribution is 9.11. The fraction of sp³-hybridized carbons (Fsp3) is 0.583. The van der Waals surface area contributed by atoms with Crippen LogP contribution in [-0.4, -0.2) is 12.5 Å². The molecule has 16 heavy (non-hydrogen) atoms. The second-order valence-electron chi connectivity index (χ2n) is 4.48. The second-order valence-corrected chi connectivity index (χ2v) is 6.95. The lowest BCUT2D eigenvalue weighted by atomic mass is 9.98. The minimum atomic E-state index is 0.0646. The number of nitrogens with one attached hydrogen (secondary N) is 1. The minimum Gasteiger partial charge on any atom is -0.351 e. The predicted molar refractivity (Wildman–Crippen MR) is 70.9 cm³/mol. The fourth-order valence-electron chi connectivity index (χ4n) is 2.27. The molecule has 1 aromatic heterocycles. The molecule has 88 valence electrons. The quantitative estimate of drug-likeness (QED) is 0.906. The van der Waals surface area contributed by atoms with Gasteiger partial charge in [-0.25, -0.2) is 0 Å². The van der Waals surface area contributed by atoms with Gasteiger partial charge < -0.3 is 5.32 Å². The van der Waals surface area contributed by atoms with Crippen molar-refractivity contribution in [2.45, 2.75) is 26.2 Å². The van der Waals surface area contributed by atoms with Crippen molar-refractivity contribution < 1.29 is 4.79 Å². The summed E-state index contributed by atoms with van der Waals surface area (Å²) in [4.78, 5) is 12.6. The molecule has 1 fully saturated rings. The summed E-state index contributed by atoms with van der Waals surface area (Å²) in [6, 6.07) is 3.78. The molecule has 1 N–H and O–H groups in total. The van der Waals surface area contributed by atoms with Crippen LogP contribution in [0.1, 0.15) is 35.9 Å². The van der Waals surface area contributed by atoms with Crippen molar-refractivity contribution in [3.05, 3.63) is 20.8 Å².